The van der Waals surface area contributed by atoms with Crippen LogP contribution in [0, 0.1) is 5.82 Å². The average Bonchev–Trinajstić information content (AvgIpc) is 2.49. The van der Waals surface area contributed by atoms with Gasteiger partial charge >= 0.3 is 6.09 Å². The number of anilines is 2. The summed E-state index contributed by atoms with van der Waals surface area (Å²) < 4.78 is 24.8. The fourth-order valence-corrected chi connectivity index (χ4v) is 2.63. The highest BCUT2D eigenvalue weighted by atomic mass is 19.1. The summed E-state index contributed by atoms with van der Waals surface area (Å²) in [5.41, 5.74) is 5.78. The third-order valence-corrected chi connectivity index (χ3v) is 3.79. The van der Waals surface area contributed by atoms with Gasteiger partial charge in [0.05, 0.1) is 0 Å². The van der Waals surface area contributed by atoms with Gasteiger partial charge in [0.1, 0.15) is 11.6 Å². The number of halogens is 1. The maximum Gasteiger partial charge on any atom is 0.420 e. The summed E-state index contributed by atoms with van der Waals surface area (Å²) in [7, 11) is 0. The molecule has 6 nitrogen and oxygen atoms in total. The van der Waals surface area contributed by atoms with Gasteiger partial charge < -0.3 is 15.2 Å². The van der Waals surface area contributed by atoms with Crippen LogP contribution in [0.4, 0.5) is 20.7 Å². The minimum absolute atomic E-state index is 0.0569. The summed E-state index contributed by atoms with van der Waals surface area (Å²) in [5, 5.41) is 0. The van der Waals surface area contributed by atoms with Crippen molar-refractivity contribution < 1.29 is 18.7 Å². The van der Waals surface area contributed by atoms with Gasteiger partial charge in [-0.05, 0) is 38.5 Å². The molecule has 1 aromatic heterocycles. The lowest BCUT2D eigenvalue weighted by Crippen LogP contribution is -2.62. The van der Waals surface area contributed by atoms with Crippen molar-refractivity contribution in [1.82, 2.24) is 4.98 Å². The molecule has 0 spiro atoms. The smallest absolute Gasteiger partial charge is 0.420 e. The van der Waals surface area contributed by atoms with Crippen molar-refractivity contribution in [3.63, 3.8) is 0 Å². The van der Waals surface area contributed by atoms with Gasteiger partial charge in [-0.2, -0.15) is 0 Å². The van der Waals surface area contributed by atoms with E-state index in [1.807, 2.05) is 6.92 Å². The Bertz CT molecular complexity index is 808. The van der Waals surface area contributed by atoms with Gasteiger partial charge in [0.15, 0.2) is 17.3 Å². The zero-order chi connectivity index (χ0) is 17.5. The number of amides is 1. The number of aromatic nitrogens is 1. The highest BCUT2D eigenvalue weighted by molar-refractivity contribution is 5.94. The van der Waals surface area contributed by atoms with Crippen molar-refractivity contribution in [3.8, 4) is 11.5 Å². The molecule has 0 unspecified atom stereocenters. The molecule has 24 heavy (non-hydrogen) atoms. The zero-order valence-corrected chi connectivity index (χ0v) is 13.7. The first kappa shape index (κ1) is 16.0. The van der Waals surface area contributed by atoms with Crippen LogP contribution >= 0.6 is 0 Å². The van der Waals surface area contributed by atoms with E-state index in [0.717, 1.165) is 0 Å². The summed E-state index contributed by atoms with van der Waals surface area (Å²) in [6.07, 6.45) is 1.59. The molecule has 1 aliphatic rings. The number of ether oxygens (including phenoxy) is 2. The number of pyridine rings is 1. The Kier molecular flexibility index (Phi) is 3.79. The summed E-state index contributed by atoms with van der Waals surface area (Å²) >= 11 is 0. The molecular weight excluding hydrogens is 313 g/mol. The zero-order valence-electron chi connectivity index (χ0n) is 13.7. The van der Waals surface area contributed by atoms with Crippen molar-refractivity contribution in [2.75, 3.05) is 10.6 Å². The summed E-state index contributed by atoms with van der Waals surface area (Å²) in [6.45, 7) is 5.44. The molecule has 0 bridgehead atoms. The van der Waals surface area contributed by atoms with Gasteiger partial charge in [0.2, 0.25) is 0 Å². The van der Waals surface area contributed by atoms with Gasteiger partial charge in [0.25, 0.3) is 0 Å². The van der Waals surface area contributed by atoms with E-state index in [-0.39, 0.29) is 5.75 Å². The van der Waals surface area contributed by atoms with E-state index in [0.29, 0.717) is 29.2 Å². The quantitative estimate of drug-likeness (QED) is 0.861. The number of carbonyl (C=O) groups excluding carboxylic acids is 1. The molecule has 2 N–H and O–H groups in total. The van der Waals surface area contributed by atoms with Gasteiger partial charge in [-0.3, -0.25) is 0 Å². The second kappa shape index (κ2) is 5.67. The van der Waals surface area contributed by atoms with Crippen molar-refractivity contribution in [2.45, 2.75) is 32.9 Å². The van der Waals surface area contributed by atoms with Crippen LogP contribution in [-0.4, -0.2) is 16.8 Å². The van der Waals surface area contributed by atoms with E-state index in [9.17, 15) is 9.18 Å². The normalized spacial score (nSPS) is 15.7. The van der Waals surface area contributed by atoms with Gasteiger partial charge in [-0.1, -0.05) is 6.92 Å². The van der Waals surface area contributed by atoms with E-state index >= 15 is 0 Å². The molecule has 1 amide bonds. The third kappa shape index (κ3) is 2.62. The molecule has 2 heterocycles. The van der Waals surface area contributed by atoms with Crippen molar-refractivity contribution in [2.24, 2.45) is 0 Å². The lowest BCUT2D eigenvalue weighted by Gasteiger charge is -2.46. The van der Waals surface area contributed by atoms with E-state index in [1.54, 1.807) is 26.0 Å². The molecule has 0 aliphatic carbocycles. The van der Waals surface area contributed by atoms with E-state index in [1.165, 1.54) is 23.2 Å². The Balaban J connectivity index is 2.00. The highest BCUT2D eigenvalue weighted by Crippen LogP contribution is 2.39. The van der Waals surface area contributed by atoms with E-state index in [4.69, 9.17) is 15.2 Å². The summed E-state index contributed by atoms with van der Waals surface area (Å²) in [5.74, 6) is 0.384. The second-order valence-corrected chi connectivity index (χ2v) is 5.91. The lowest BCUT2D eigenvalue weighted by atomic mass is 10.1. The van der Waals surface area contributed by atoms with E-state index in [2.05, 4.69) is 4.98 Å². The number of hydrogen-bond donors (Lipinski definition) is 1. The Hall–Kier alpha value is -2.83. The number of cyclic esters (lactones) is 1. The number of rotatable bonds is 4. The Morgan fingerprint density at radius 1 is 1.33 bits per heavy atom. The molecule has 0 atom stereocenters. The van der Waals surface area contributed by atoms with Crippen LogP contribution in [0.5, 0.6) is 11.5 Å². The molecule has 1 saturated heterocycles. The van der Waals surface area contributed by atoms with Crippen LogP contribution in [0.15, 0.2) is 30.5 Å². The van der Waals surface area contributed by atoms with Crippen LogP contribution in [0.2, 0.25) is 0 Å². The largest absolute Gasteiger partial charge is 0.454 e. The average molecular weight is 331 g/mol. The molecule has 3 rings (SSSR count). The molecule has 1 fully saturated rings. The molecule has 0 saturated carbocycles. The standard InChI is InChI=1S/C17H18FN3O3/c1-4-11-13(23-14-6-5-10(19)9-12(14)18)7-8-20-15(11)21-16(22)24-17(21,2)3/h5-9H,4,19H2,1-3H3. The van der Waals surface area contributed by atoms with Gasteiger partial charge in [-0.15, -0.1) is 0 Å². The number of nitrogen functional groups attached to an aromatic ring is 1. The maximum atomic E-state index is 14.0. The number of nitrogens with two attached hydrogens (primary N) is 1. The monoisotopic (exact) mass is 331 g/mol. The van der Waals surface area contributed by atoms with Crippen LogP contribution < -0.4 is 15.4 Å². The van der Waals surface area contributed by atoms with Crippen LogP contribution in [0.1, 0.15) is 26.3 Å². The predicted molar refractivity (Wildman–Crippen MR) is 87.5 cm³/mol. The molecule has 2 aromatic rings. The topological polar surface area (TPSA) is 77.7 Å². The summed E-state index contributed by atoms with van der Waals surface area (Å²) in [4.78, 5) is 17.6. The molecule has 1 aromatic carbocycles. The highest BCUT2D eigenvalue weighted by Gasteiger charge is 2.48. The second-order valence-electron chi connectivity index (χ2n) is 5.91. The molecule has 0 radical (unpaired) electrons. The first-order chi connectivity index (χ1) is 11.3. The van der Waals surface area contributed by atoms with Crippen molar-refractivity contribution in [1.29, 1.82) is 0 Å². The number of carbonyl (C=O) groups is 1. The number of benzene rings is 1. The fourth-order valence-electron chi connectivity index (χ4n) is 2.63. The molecular formula is C17H18FN3O3. The molecule has 1 aliphatic heterocycles. The Labute approximate surface area is 139 Å². The first-order valence-corrected chi connectivity index (χ1v) is 7.57. The minimum Gasteiger partial charge on any atom is -0.454 e. The van der Waals surface area contributed by atoms with Gasteiger partial charge in [-0.25, -0.2) is 19.1 Å². The third-order valence-electron chi connectivity index (χ3n) is 3.79. The van der Waals surface area contributed by atoms with Crippen molar-refractivity contribution in [3.05, 3.63) is 41.8 Å². The fraction of sp³-hybridized carbons (Fsp3) is 0.294. The van der Waals surface area contributed by atoms with E-state index < -0.39 is 17.6 Å². The minimum atomic E-state index is -0.779. The SMILES string of the molecule is CCc1c(Oc2ccc(N)cc2F)ccnc1N1C(=O)OC1(C)C. The van der Waals surface area contributed by atoms with Crippen LogP contribution in [0.3, 0.4) is 0 Å². The van der Waals surface area contributed by atoms with Crippen LogP contribution in [-0.2, 0) is 11.2 Å². The van der Waals surface area contributed by atoms with Crippen LogP contribution in [0.25, 0.3) is 0 Å². The maximum absolute atomic E-state index is 14.0. The number of nitrogens with zero attached hydrogens (tertiary/aromatic N) is 2. The summed E-state index contributed by atoms with van der Waals surface area (Å²) in [6, 6.07) is 5.85. The van der Waals surface area contributed by atoms with Gasteiger partial charge in [0, 0.05) is 23.5 Å². The van der Waals surface area contributed by atoms with Crippen molar-refractivity contribution >= 4 is 17.6 Å². The Morgan fingerprint density at radius 2 is 2.08 bits per heavy atom. The first-order valence-electron chi connectivity index (χ1n) is 7.57. The predicted octanol–water partition coefficient (Wildman–Crippen LogP) is 3.85. The number of hydrogen-bond acceptors (Lipinski definition) is 5. The Morgan fingerprint density at radius 3 is 2.67 bits per heavy atom. The lowest BCUT2D eigenvalue weighted by molar-refractivity contribution is -0.0200. The molecule has 126 valence electrons. The molecule has 7 heteroatoms.